The summed E-state index contributed by atoms with van der Waals surface area (Å²) in [6.07, 6.45) is 6.52. The number of ether oxygens (including phenoxy) is 1. The third-order valence-electron chi connectivity index (χ3n) is 7.13. The predicted molar refractivity (Wildman–Crippen MR) is 145 cm³/mol. The lowest BCUT2D eigenvalue weighted by Gasteiger charge is -2.27. The summed E-state index contributed by atoms with van der Waals surface area (Å²) in [6, 6.07) is 20.7. The zero-order chi connectivity index (χ0) is 25.6. The van der Waals surface area contributed by atoms with Gasteiger partial charge in [-0.1, -0.05) is 48.0 Å². The normalized spacial score (nSPS) is 18.1. The predicted octanol–water partition coefficient (Wildman–Crippen LogP) is 4.96. The molecule has 7 nitrogen and oxygen atoms in total. The van der Waals surface area contributed by atoms with Crippen LogP contribution in [0.4, 0.5) is 0 Å². The minimum absolute atomic E-state index is 0.0821. The van der Waals surface area contributed by atoms with E-state index < -0.39 is 0 Å². The number of aryl methyl sites for hydroxylation is 1. The number of hydrogen-bond donors (Lipinski definition) is 0. The van der Waals surface area contributed by atoms with Crippen molar-refractivity contribution in [1.82, 2.24) is 24.4 Å². The van der Waals surface area contributed by atoms with Gasteiger partial charge in [-0.15, -0.1) is 0 Å². The van der Waals surface area contributed by atoms with Crippen molar-refractivity contribution in [2.75, 3.05) is 33.3 Å². The molecular formula is C30H35N5O2. The Balaban J connectivity index is 1.40. The topological polar surface area (TPSA) is 63.0 Å². The molecule has 0 radical (unpaired) electrons. The van der Waals surface area contributed by atoms with E-state index in [1.807, 2.05) is 17.2 Å². The highest BCUT2D eigenvalue weighted by Gasteiger charge is 2.21. The molecule has 0 saturated heterocycles. The molecular weight excluding hydrogens is 462 g/mol. The summed E-state index contributed by atoms with van der Waals surface area (Å²) in [4.78, 5) is 22.1. The minimum atomic E-state index is -0.0821. The summed E-state index contributed by atoms with van der Waals surface area (Å²) in [5, 5.41) is 4.48. The Kier molecular flexibility index (Phi) is 7.80. The zero-order valence-electron chi connectivity index (χ0n) is 21.7. The van der Waals surface area contributed by atoms with Crippen LogP contribution in [-0.4, -0.2) is 63.6 Å². The van der Waals surface area contributed by atoms with E-state index in [9.17, 15) is 4.79 Å². The average molecular weight is 498 g/mol. The lowest BCUT2D eigenvalue weighted by atomic mass is 9.91. The van der Waals surface area contributed by atoms with Gasteiger partial charge in [0.1, 0.15) is 12.4 Å². The van der Waals surface area contributed by atoms with Crippen LogP contribution in [0.25, 0.3) is 5.65 Å². The average Bonchev–Trinajstić information content (AvgIpc) is 3.35. The molecule has 1 aliphatic rings. The molecule has 3 heterocycles. The van der Waals surface area contributed by atoms with Gasteiger partial charge in [-0.25, -0.2) is 9.50 Å². The number of carbonyl (C=O) groups excluding carboxylic acids is 1. The molecule has 7 heteroatoms. The second-order valence-corrected chi connectivity index (χ2v) is 9.98. The van der Waals surface area contributed by atoms with Crippen molar-refractivity contribution in [3.05, 3.63) is 95.4 Å². The van der Waals surface area contributed by atoms with Gasteiger partial charge in [0.2, 0.25) is 0 Å². The number of rotatable bonds is 2. The van der Waals surface area contributed by atoms with E-state index in [2.05, 4.69) is 77.5 Å². The van der Waals surface area contributed by atoms with Crippen molar-refractivity contribution in [2.45, 2.75) is 38.6 Å². The van der Waals surface area contributed by atoms with Crippen LogP contribution in [0, 0.1) is 6.92 Å². The van der Waals surface area contributed by atoms with Gasteiger partial charge in [-0.05, 0) is 63.4 Å². The Labute approximate surface area is 218 Å². The fourth-order valence-corrected chi connectivity index (χ4v) is 5.13. The molecule has 1 aliphatic heterocycles. The first-order chi connectivity index (χ1) is 18.1. The first kappa shape index (κ1) is 25.0. The van der Waals surface area contributed by atoms with Crippen molar-refractivity contribution >= 4 is 11.6 Å². The first-order valence-corrected chi connectivity index (χ1v) is 13.1. The molecule has 0 saturated carbocycles. The highest BCUT2D eigenvalue weighted by molar-refractivity contribution is 5.93. The molecule has 0 bridgehead atoms. The highest BCUT2D eigenvalue weighted by Crippen LogP contribution is 2.27. The third kappa shape index (κ3) is 6.17. The van der Waals surface area contributed by atoms with E-state index in [1.54, 1.807) is 16.8 Å². The summed E-state index contributed by atoms with van der Waals surface area (Å²) < 4.78 is 7.89. The molecule has 1 amide bonds. The summed E-state index contributed by atoms with van der Waals surface area (Å²) in [5.74, 6) is 1.25. The monoisotopic (exact) mass is 497 g/mol. The quantitative estimate of drug-likeness (QED) is 0.392. The van der Waals surface area contributed by atoms with Gasteiger partial charge in [-0.2, -0.15) is 5.10 Å². The number of aromatic nitrogens is 3. The van der Waals surface area contributed by atoms with Crippen LogP contribution in [0.5, 0.6) is 5.75 Å². The summed E-state index contributed by atoms with van der Waals surface area (Å²) in [7, 11) is 2.18. The van der Waals surface area contributed by atoms with Gasteiger partial charge < -0.3 is 14.5 Å². The molecule has 2 aromatic heterocycles. The fourth-order valence-electron chi connectivity index (χ4n) is 5.13. The summed E-state index contributed by atoms with van der Waals surface area (Å²) in [5.41, 5.74) is 4.85. The van der Waals surface area contributed by atoms with Crippen LogP contribution < -0.4 is 4.74 Å². The number of fused-ring (bicyclic) bond motifs is 2. The van der Waals surface area contributed by atoms with Crippen LogP contribution in [0.2, 0.25) is 0 Å². The maximum atomic E-state index is 13.6. The molecule has 4 aromatic rings. The van der Waals surface area contributed by atoms with Crippen molar-refractivity contribution in [3.8, 4) is 5.75 Å². The van der Waals surface area contributed by atoms with Gasteiger partial charge in [0.05, 0.1) is 6.54 Å². The standard InChI is InChI=1S/C30H35N5O2/c1-23-11-12-28-26(20-23)22-33(2)17-13-25(24-8-4-3-5-9-24)10-6-15-34(18-19-37-28)30(36)27-21-29-31-14-7-16-35(29)32-27/h3-5,7-9,11-12,14,16,20-21,25H,6,10,13,15,17-19,22H2,1-2H3. The molecule has 5 rings (SSSR count). The number of carbonyl (C=O) groups is 1. The molecule has 192 valence electrons. The number of benzene rings is 2. The van der Waals surface area contributed by atoms with Crippen LogP contribution in [0.1, 0.15) is 52.4 Å². The Morgan fingerprint density at radius 3 is 2.70 bits per heavy atom. The van der Waals surface area contributed by atoms with E-state index in [-0.39, 0.29) is 5.91 Å². The molecule has 2 aromatic carbocycles. The fraction of sp³-hybridized carbons (Fsp3) is 0.367. The number of amides is 1. The molecule has 0 fully saturated rings. The van der Waals surface area contributed by atoms with Crippen molar-refractivity contribution < 1.29 is 9.53 Å². The van der Waals surface area contributed by atoms with Crippen LogP contribution >= 0.6 is 0 Å². The second kappa shape index (κ2) is 11.6. The molecule has 1 atom stereocenters. The lowest BCUT2D eigenvalue weighted by molar-refractivity contribution is 0.0718. The van der Waals surface area contributed by atoms with Crippen LogP contribution in [-0.2, 0) is 6.54 Å². The van der Waals surface area contributed by atoms with E-state index in [1.165, 1.54) is 16.7 Å². The maximum absolute atomic E-state index is 13.6. The smallest absolute Gasteiger partial charge is 0.274 e. The molecule has 37 heavy (non-hydrogen) atoms. The molecule has 0 N–H and O–H groups in total. The van der Waals surface area contributed by atoms with Gasteiger partial charge >= 0.3 is 0 Å². The minimum Gasteiger partial charge on any atom is -0.491 e. The lowest BCUT2D eigenvalue weighted by Crippen LogP contribution is -2.36. The summed E-state index contributed by atoms with van der Waals surface area (Å²) >= 11 is 0. The summed E-state index contributed by atoms with van der Waals surface area (Å²) in [6.45, 7) is 5.52. The van der Waals surface area contributed by atoms with Gasteiger partial charge in [0.15, 0.2) is 11.3 Å². The third-order valence-corrected chi connectivity index (χ3v) is 7.13. The van der Waals surface area contributed by atoms with E-state index in [0.717, 1.165) is 38.1 Å². The van der Waals surface area contributed by atoms with Crippen molar-refractivity contribution in [3.63, 3.8) is 0 Å². The number of nitrogens with zero attached hydrogens (tertiary/aromatic N) is 5. The van der Waals surface area contributed by atoms with Crippen LogP contribution in [0.3, 0.4) is 0 Å². The highest BCUT2D eigenvalue weighted by atomic mass is 16.5. The molecule has 0 spiro atoms. The van der Waals surface area contributed by atoms with Gasteiger partial charge in [0, 0.05) is 37.1 Å². The van der Waals surface area contributed by atoms with Gasteiger partial charge in [-0.3, -0.25) is 4.79 Å². The van der Waals surface area contributed by atoms with Gasteiger partial charge in [0.25, 0.3) is 5.91 Å². The van der Waals surface area contributed by atoms with E-state index >= 15 is 0 Å². The van der Waals surface area contributed by atoms with E-state index in [4.69, 9.17) is 4.74 Å². The Bertz CT molecular complexity index is 1300. The number of hydrogen-bond acceptors (Lipinski definition) is 5. The molecule has 1 unspecified atom stereocenters. The maximum Gasteiger partial charge on any atom is 0.274 e. The Morgan fingerprint density at radius 2 is 1.86 bits per heavy atom. The largest absolute Gasteiger partial charge is 0.491 e. The van der Waals surface area contributed by atoms with E-state index in [0.29, 0.717) is 37.0 Å². The first-order valence-electron chi connectivity index (χ1n) is 13.1. The second-order valence-electron chi connectivity index (χ2n) is 9.98. The zero-order valence-corrected chi connectivity index (χ0v) is 21.7. The SMILES string of the molecule is Cc1ccc2c(c1)CN(C)CCC(c1ccccc1)CCCN(C(=O)c1cc3ncccn3n1)CCO2. The Hall–Kier alpha value is -3.71. The van der Waals surface area contributed by atoms with Crippen molar-refractivity contribution in [1.29, 1.82) is 0 Å². The van der Waals surface area contributed by atoms with Crippen LogP contribution in [0.15, 0.2) is 73.1 Å². The van der Waals surface area contributed by atoms with Crippen molar-refractivity contribution in [2.24, 2.45) is 0 Å². The Morgan fingerprint density at radius 1 is 1.00 bits per heavy atom. The molecule has 0 aliphatic carbocycles.